The third-order valence-corrected chi connectivity index (χ3v) is 4.51. The predicted molar refractivity (Wildman–Crippen MR) is 115 cm³/mol. The lowest BCUT2D eigenvalue weighted by Crippen LogP contribution is -2.01. The van der Waals surface area contributed by atoms with Crippen molar-refractivity contribution in [2.24, 2.45) is 0 Å². The molecule has 0 bridgehead atoms. The fourth-order valence-electron chi connectivity index (χ4n) is 3.11. The summed E-state index contributed by atoms with van der Waals surface area (Å²) in [6.07, 6.45) is 0. The Morgan fingerprint density at radius 2 is 1.59 bits per heavy atom. The van der Waals surface area contributed by atoms with Crippen molar-refractivity contribution < 1.29 is 10.2 Å². The van der Waals surface area contributed by atoms with Gasteiger partial charge in [0.2, 0.25) is 5.95 Å². The molecule has 0 aliphatic rings. The molecule has 0 saturated heterocycles. The molecule has 0 spiro atoms. The van der Waals surface area contributed by atoms with Gasteiger partial charge in [-0.15, -0.1) is 0 Å². The van der Waals surface area contributed by atoms with Crippen molar-refractivity contribution in [2.75, 3.05) is 11.1 Å². The molecular formula is C23H20N4O2. The highest BCUT2D eigenvalue weighted by molar-refractivity contribution is 5.77. The number of anilines is 3. The highest BCUT2D eigenvalue weighted by Crippen LogP contribution is 2.34. The van der Waals surface area contributed by atoms with E-state index < -0.39 is 0 Å². The normalized spacial score (nSPS) is 10.7. The van der Waals surface area contributed by atoms with Crippen molar-refractivity contribution in [1.29, 1.82) is 0 Å². The minimum absolute atomic E-state index is 0.0899. The number of phenolic OH excluding ortho intramolecular Hbond substituents is 2. The molecule has 0 saturated carbocycles. The highest BCUT2D eigenvalue weighted by Gasteiger charge is 2.12. The van der Waals surface area contributed by atoms with E-state index in [2.05, 4.69) is 15.3 Å². The van der Waals surface area contributed by atoms with E-state index >= 15 is 0 Å². The van der Waals surface area contributed by atoms with Gasteiger partial charge in [0.1, 0.15) is 17.3 Å². The largest absolute Gasteiger partial charge is 0.508 e. The van der Waals surface area contributed by atoms with E-state index in [4.69, 9.17) is 5.73 Å². The molecule has 1 heterocycles. The second-order valence-corrected chi connectivity index (χ2v) is 6.77. The zero-order valence-corrected chi connectivity index (χ0v) is 15.8. The van der Waals surface area contributed by atoms with E-state index in [0.717, 1.165) is 22.4 Å². The number of aromatic hydroxyl groups is 2. The topological polar surface area (TPSA) is 104 Å². The van der Waals surface area contributed by atoms with Crippen molar-refractivity contribution in [2.45, 2.75) is 6.92 Å². The van der Waals surface area contributed by atoms with Crippen molar-refractivity contribution >= 4 is 17.5 Å². The number of phenols is 2. The highest BCUT2D eigenvalue weighted by atomic mass is 16.3. The maximum absolute atomic E-state index is 10.4. The molecule has 0 atom stereocenters. The van der Waals surface area contributed by atoms with Gasteiger partial charge in [0.15, 0.2) is 0 Å². The lowest BCUT2D eigenvalue weighted by Gasteiger charge is -2.11. The van der Waals surface area contributed by atoms with Crippen molar-refractivity contribution in [1.82, 2.24) is 9.97 Å². The van der Waals surface area contributed by atoms with Gasteiger partial charge in [0.05, 0.1) is 5.69 Å². The molecule has 6 nitrogen and oxygen atoms in total. The van der Waals surface area contributed by atoms with E-state index in [1.165, 1.54) is 0 Å². The van der Waals surface area contributed by atoms with Crippen molar-refractivity contribution in [3.63, 3.8) is 0 Å². The number of hydrogen-bond donors (Lipinski definition) is 4. The Kier molecular flexibility index (Phi) is 4.75. The Hall–Kier alpha value is -4.06. The lowest BCUT2D eigenvalue weighted by atomic mass is 10.0. The number of hydrogen-bond acceptors (Lipinski definition) is 6. The van der Waals surface area contributed by atoms with Gasteiger partial charge in [0.25, 0.3) is 0 Å². The van der Waals surface area contributed by atoms with E-state index in [1.807, 2.05) is 55.5 Å². The Bertz CT molecular complexity index is 1170. The van der Waals surface area contributed by atoms with E-state index in [1.54, 1.807) is 24.3 Å². The quantitative estimate of drug-likeness (QED) is 0.401. The summed E-state index contributed by atoms with van der Waals surface area (Å²) in [6, 6.07) is 21.8. The number of nitrogen functional groups attached to an aromatic ring is 1. The zero-order valence-electron chi connectivity index (χ0n) is 15.8. The molecule has 0 aliphatic heterocycles. The number of aryl methyl sites for hydroxylation is 1. The summed E-state index contributed by atoms with van der Waals surface area (Å²) in [4.78, 5) is 8.55. The van der Waals surface area contributed by atoms with Crippen molar-refractivity contribution in [3.8, 4) is 33.9 Å². The molecule has 3 aromatic carbocycles. The molecule has 0 fully saturated rings. The van der Waals surface area contributed by atoms with Crippen LogP contribution >= 0.6 is 0 Å². The van der Waals surface area contributed by atoms with Crippen LogP contribution in [0.3, 0.4) is 0 Å². The Labute approximate surface area is 168 Å². The van der Waals surface area contributed by atoms with Crippen molar-refractivity contribution in [3.05, 3.63) is 78.4 Å². The molecule has 29 heavy (non-hydrogen) atoms. The van der Waals surface area contributed by atoms with Gasteiger partial charge in [0, 0.05) is 17.3 Å². The maximum Gasteiger partial charge on any atom is 0.222 e. The summed E-state index contributed by atoms with van der Waals surface area (Å²) in [6.45, 7) is 2.01. The van der Waals surface area contributed by atoms with Crippen LogP contribution in [-0.2, 0) is 0 Å². The first-order valence-electron chi connectivity index (χ1n) is 9.09. The second-order valence-electron chi connectivity index (χ2n) is 6.77. The summed E-state index contributed by atoms with van der Waals surface area (Å²) in [7, 11) is 0. The monoisotopic (exact) mass is 384 g/mol. The minimum atomic E-state index is 0.0899. The van der Waals surface area contributed by atoms with Crippen LogP contribution in [0.1, 0.15) is 5.56 Å². The first-order chi connectivity index (χ1) is 14.0. The molecule has 4 rings (SSSR count). The SMILES string of the molecule is Cc1cccc(Nc2cc(-c3cc(-c4ccc(O)cc4)ccc3O)nc(N)n2)c1. The molecule has 0 amide bonds. The van der Waals surface area contributed by atoms with Crippen LogP contribution in [0.25, 0.3) is 22.4 Å². The average molecular weight is 384 g/mol. The third-order valence-electron chi connectivity index (χ3n) is 4.51. The van der Waals surface area contributed by atoms with Crippen LogP contribution in [0.5, 0.6) is 11.5 Å². The number of nitrogens with one attached hydrogen (secondary N) is 1. The molecule has 144 valence electrons. The minimum Gasteiger partial charge on any atom is -0.508 e. The number of nitrogens with two attached hydrogens (primary N) is 1. The molecule has 6 heteroatoms. The molecule has 4 aromatic rings. The van der Waals surface area contributed by atoms with Gasteiger partial charge in [-0.25, -0.2) is 4.98 Å². The van der Waals surface area contributed by atoms with E-state index in [9.17, 15) is 10.2 Å². The summed E-state index contributed by atoms with van der Waals surface area (Å²) in [5.41, 5.74) is 10.8. The average Bonchev–Trinajstić information content (AvgIpc) is 2.68. The molecule has 0 radical (unpaired) electrons. The first kappa shape index (κ1) is 18.3. The Balaban J connectivity index is 1.73. The predicted octanol–water partition coefficient (Wildman–Crippen LogP) is 4.86. The van der Waals surface area contributed by atoms with Gasteiger partial charge >= 0.3 is 0 Å². The molecule has 0 aliphatic carbocycles. The third kappa shape index (κ3) is 4.11. The standard InChI is InChI=1S/C23H20N4O2/c1-14-3-2-4-17(11-14)25-22-13-20(26-23(24)27-22)19-12-16(7-10-21(19)29)15-5-8-18(28)9-6-15/h2-13,28-29H,1H3,(H3,24,25,26,27). The number of nitrogens with zero attached hydrogens (tertiary/aromatic N) is 2. The Morgan fingerprint density at radius 1 is 0.828 bits per heavy atom. The van der Waals surface area contributed by atoms with Gasteiger partial charge in [-0.3, -0.25) is 0 Å². The van der Waals surface area contributed by atoms with Crippen LogP contribution in [0.2, 0.25) is 0 Å². The fourth-order valence-corrected chi connectivity index (χ4v) is 3.11. The number of benzene rings is 3. The van der Waals surface area contributed by atoms with Gasteiger partial charge in [-0.2, -0.15) is 4.98 Å². The first-order valence-corrected chi connectivity index (χ1v) is 9.09. The number of aromatic nitrogens is 2. The van der Waals surface area contributed by atoms with Gasteiger partial charge in [-0.05, 0) is 60.0 Å². The molecular weight excluding hydrogens is 364 g/mol. The lowest BCUT2D eigenvalue weighted by molar-refractivity contribution is 0.475. The molecule has 0 unspecified atom stereocenters. The van der Waals surface area contributed by atoms with E-state index in [-0.39, 0.29) is 17.4 Å². The van der Waals surface area contributed by atoms with Crippen LogP contribution in [0.15, 0.2) is 72.8 Å². The summed E-state index contributed by atoms with van der Waals surface area (Å²) >= 11 is 0. The van der Waals surface area contributed by atoms with Crippen LogP contribution < -0.4 is 11.1 Å². The molecule has 5 N–H and O–H groups in total. The van der Waals surface area contributed by atoms with Gasteiger partial charge < -0.3 is 21.3 Å². The smallest absolute Gasteiger partial charge is 0.222 e. The maximum atomic E-state index is 10.4. The molecule has 1 aromatic heterocycles. The Morgan fingerprint density at radius 3 is 2.34 bits per heavy atom. The zero-order chi connectivity index (χ0) is 20.4. The van der Waals surface area contributed by atoms with Crippen LogP contribution in [0.4, 0.5) is 17.5 Å². The summed E-state index contributed by atoms with van der Waals surface area (Å²) < 4.78 is 0. The summed E-state index contributed by atoms with van der Waals surface area (Å²) in [5, 5.41) is 23.2. The van der Waals surface area contributed by atoms with E-state index in [0.29, 0.717) is 17.1 Å². The van der Waals surface area contributed by atoms with Crippen LogP contribution in [-0.4, -0.2) is 20.2 Å². The number of rotatable bonds is 4. The van der Waals surface area contributed by atoms with Crippen LogP contribution in [0, 0.1) is 6.92 Å². The summed E-state index contributed by atoms with van der Waals surface area (Å²) in [5.74, 6) is 0.926. The second kappa shape index (κ2) is 7.52. The fraction of sp³-hybridized carbons (Fsp3) is 0.0435. The van der Waals surface area contributed by atoms with Gasteiger partial charge in [-0.1, -0.05) is 30.3 Å².